The summed E-state index contributed by atoms with van der Waals surface area (Å²) in [5, 5.41) is 26.4. The molecule has 3 amide bonds. The van der Waals surface area contributed by atoms with Crippen molar-refractivity contribution in [2.75, 3.05) is 52.8 Å². The molecule has 8 rings (SSSR count). The Balaban J connectivity index is 0.811. The number of ether oxygens (including phenoxy) is 1. The highest BCUT2D eigenvalue weighted by Gasteiger charge is 2.44. The summed E-state index contributed by atoms with van der Waals surface area (Å²) < 4.78 is 62.2. The number of fused-ring (bicyclic) bond motifs is 3. The van der Waals surface area contributed by atoms with Crippen LogP contribution in [0.1, 0.15) is 84.6 Å². The predicted molar refractivity (Wildman–Crippen MR) is 321 cm³/mol. The molecular formula is C59H66N6O21P3+. The van der Waals surface area contributed by atoms with Gasteiger partial charge in [-0.1, -0.05) is 42.2 Å². The van der Waals surface area contributed by atoms with Crippen molar-refractivity contribution in [3.8, 4) is 34.3 Å². The number of nitrogens with one attached hydrogen (secondary N) is 1. The molecule has 0 radical (unpaired) electrons. The molecule has 7 N–H and O–H groups in total. The number of aliphatic hydroxyl groups excluding tert-OH is 1. The lowest BCUT2D eigenvalue weighted by Gasteiger charge is -2.28. The molecule has 1 aliphatic carbocycles. The number of rotatable bonds is 26. The first-order valence-corrected chi connectivity index (χ1v) is 32.4. The van der Waals surface area contributed by atoms with E-state index in [-0.39, 0.29) is 105 Å². The molecule has 4 aliphatic rings. The van der Waals surface area contributed by atoms with Crippen LogP contribution < -0.4 is 20.1 Å². The Morgan fingerprint density at radius 3 is 2.31 bits per heavy atom. The van der Waals surface area contributed by atoms with E-state index in [1.165, 1.54) is 6.07 Å². The number of aromatic nitrogens is 1. The first-order valence-electron chi connectivity index (χ1n) is 27.9. The molecule has 0 saturated carbocycles. The summed E-state index contributed by atoms with van der Waals surface area (Å²) in [6.45, 7) is 1.39. The lowest BCUT2D eigenvalue weighted by atomic mass is 9.89. The van der Waals surface area contributed by atoms with Gasteiger partial charge in [0.05, 0.1) is 36.3 Å². The minimum atomic E-state index is -5.81. The van der Waals surface area contributed by atoms with E-state index >= 15 is 0 Å². The number of Topliss-reactive ketones (excluding diaryl/α,β-unsaturated/α-hetero) is 3. The number of aromatic carboxylic acids is 1. The van der Waals surface area contributed by atoms with Gasteiger partial charge < -0.3 is 58.6 Å². The predicted octanol–water partition coefficient (Wildman–Crippen LogP) is 5.72. The van der Waals surface area contributed by atoms with Crippen LogP contribution in [-0.4, -0.2) is 152 Å². The van der Waals surface area contributed by atoms with Gasteiger partial charge in [-0.2, -0.15) is 8.62 Å². The number of carbonyl (C=O) groups excluding carboxylic acids is 6. The van der Waals surface area contributed by atoms with Gasteiger partial charge >= 0.3 is 29.4 Å². The number of allylic oxidation sites excluding steroid dienone is 1. The van der Waals surface area contributed by atoms with Crippen LogP contribution in [0.3, 0.4) is 0 Å². The minimum absolute atomic E-state index is 0.0137. The number of anilines is 1. The van der Waals surface area contributed by atoms with Gasteiger partial charge in [-0.3, -0.25) is 38.2 Å². The molecule has 1 fully saturated rings. The van der Waals surface area contributed by atoms with E-state index in [4.69, 9.17) is 18.9 Å². The number of carboxylic acid groups (broad SMARTS) is 1. The second-order valence-corrected chi connectivity index (χ2v) is 25.8. The summed E-state index contributed by atoms with van der Waals surface area (Å²) in [4.78, 5) is 133. The van der Waals surface area contributed by atoms with Crippen LogP contribution in [0.15, 0.2) is 101 Å². The first-order chi connectivity index (χ1) is 42.0. The van der Waals surface area contributed by atoms with Gasteiger partial charge in [-0.05, 0) is 54.8 Å². The number of aliphatic hydroxyl groups is 1. The molecule has 3 aliphatic heterocycles. The van der Waals surface area contributed by atoms with Crippen LogP contribution in [-0.2, 0) is 68.6 Å². The van der Waals surface area contributed by atoms with Crippen molar-refractivity contribution >= 4 is 92.1 Å². The molecule has 0 spiro atoms. The third kappa shape index (κ3) is 17.1. The number of benzene rings is 4. The molecule has 4 aromatic rings. The number of ketones is 3. The third-order valence-electron chi connectivity index (χ3n) is 14.6. The van der Waals surface area contributed by atoms with E-state index in [0.717, 1.165) is 38.6 Å². The maximum absolute atomic E-state index is 13.6. The highest BCUT2D eigenvalue weighted by molar-refractivity contribution is 7.66. The highest BCUT2D eigenvalue weighted by atomic mass is 31.3. The number of phosphoric ester groups is 1. The fourth-order valence-electron chi connectivity index (χ4n) is 10.2. The number of hydrogen-bond donors (Lipinski definition) is 7. The second-order valence-electron chi connectivity index (χ2n) is 21.4. The zero-order valence-corrected chi connectivity index (χ0v) is 51.7. The van der Waals surface area contributed by atoms with Crippen molar-refractivity contribution < 1.29 is 99.3 Å². The van der Waals surface area contributed by atoms with Crippen molar-refractivity contribution in [2.24, 2.45) is 0 Å². The average Bonchev–Trinajstić information content (AvgIpc) is 1.45. The van der Waals surface area contributed by atoms with Crippen molar-refractivity contribution in [2.45, 2.75) is 89.8 Å². The lowest BCUT2D eigenvalue weighted by molar-refractivity contribution is -0.144. The largest absolute Gasteiger partial charge is 0.490 e. The van der Waals surface area contributed by atoms with E-state index in [9.17, 15) is 67.3 Å². The lowest BCUT2D eigenvalue weighted by Crippen LogP contribution is -2.41. The summed E-state index contributed by atoms with van der Waals surface area (Å²) >= 11 is 0. The molecule has 30 heteroatoms. The molecule has 4 heterocycles. The van der Waals surface area contributed by atoms with Crippen molar-refractivity contribution in [3.63, 3.8) is 0 Å². The topological polar surface area (TPSA) is 372 Å². The summed E-state index contributed by atoms with van der Waals surface area (Å²) in [6, 6.07) is 23.5. The van der Waals surface area contributed by atoms with Gasteiger partial charge in [0, 0.05) is 135 Å². The Bertz CT molecular complexity index is 4080. The zero-order chi connectivity index (χ0) is 64.7. The van der Waals surface area contributed by atoms with Crippen LogP contribution in [0.5, 0.6) is 0 Å². The van der Waals surface area contributed by atoms with Gasteiger partial charge in [0.25, 0.3) is 0 Å². The summed E-state index contributed by atoms with van der Waals surface area (Å²) in [5.41, 5.74) is 4.77. The van der Waals surface area contributed by atoms with Crippen molar-refractivity contribution in [1.82, 2.24) is 24.3 Å². The number of para-hydroxylation sites is 1. The second kappa shape index (κ2) is 28.4. The van der Waals surface area contributed by atoms with Gasteiger partial charge in [0.2, 0.25) is 23.1 Å². The number of carbonyl (C=O) groups is 7. The van der Waals surface area contributed by atoms with Crippen molar-refractivity contribution in [1.29, 1.82) is 0 Å². The highest BCUT2D eigenvalue weighted by Crippen LogP contribution is 2.66. The molecule has 3 aromatic carbocycles. The van der Waals surface area contributed by atoms with E-state index in [0.29, 0.717) is 40.0 Å². The molecule has 89 heavy (non-hydrogen) atoms. The summed E-state index contributed by atoms with van der Waals surface area (Å²) in [6.07, 6.45) is -2.21. The van der Waals surface area contributed by atoms with E-state index in [1.54, 1.807) is 34.7 Å². The molecule has 5 atom stereocenters. The number of phosphoric acid groups is 3. The number of carboxylic acids is 1. The molecule has 0 bridgehead atoms. The molecule has 1 saturated heterocycles. The molecule has 472 valence electrons. The number of nitrogens with zero attached hydrogens (tertiary/aromatic N) is 5. The van der Waals surface area contributed by atoms with E-state index in [2.05, 4.69) is 30.3 Å². The van der Waals surface area contributed by atoms with Crippen molar-refractivity contribution in [3.05, 3.63) is 119 Å². The fraction of sp³-hybridized carbons (Fsp3) is 0.356. The Labute approximate surface area is 509 Å². The fourth-order valence-corrected chi connectivity index (χ4v) is 13.2. The van der Waals surface area contributed by atoms with Gasteiger partial charge in [-0.15, -0.1) is 0 Å². The van der Waals surface area contributed by atoms with Crippen LogP contribution in [0, 0.1) is 11.8 Å². The van der Waals surface area contributed by atoms with Crippen LogP contribution in [0.2, 0.25) is 0 Å². The van der Waals surface area contributed by atoms with E-state index in [1.807, 2.05) is 98.3 Å². The minimum Gasteiger partial charge on any atom is -0.478 e. The molecule has 1 aromatic heterocycles. The standard InChI is InChI=1S/C59H65N6O21P3/c1-6-63(55(71)24-20-41(66)13-8-7-12-37-33-65(56(72)29-49(37)68)57-30-50(69)53(84-57)35-82-88(78,79)86-89(80,81)85-87(75,76)77)31-38-32-64(47-15-10-9-14-42(38)47)34-54(70)60-25-11-16-48(67)36-17-21-43(46(26-36)59(73)74)58-44-22-18-39(61(2)3)27-51(44)83-52-28-40(62(4)5)19-23-45(52)58/h9-10,14-15,17-19,21-23,26-28,32-33,50,53,57,69H,6,8,11,13,16,20,24-25,29-31,34-35H2,1-5H3,(H5-,60,70,73,74,75,76,77,78,79,80,81)/p+1. The molecule has 27 nitrogen and oxygen atoms in total. The maximum Gasteiger partial charge on any atom is 0.490 e. The zero-order valence-electron chi connectivity index (χ0n) is 49.0. The van der Waals surface area contributed by atoms with Crippen LogP contribution >= 0.6 is 23.5 Å². The SMILES string of the molecule is CCN(Cc1cn(CC(=O)NCCCC(=O)c2ccc(-c3c4ccc(=[N+](C)C)cc-4oc4cc(N(C)C)ccc34)c(C(=O)O)c2)c2ccccc12)C(=O)CCC(=O)CCC#CC1=CN(C2CC(O)C(COP(=O)(O)OP(=O)(O)OP(=O)(O)O)O2)C(=O)CC1=O. The third-order valence-corrected chi connectivity index (χ3v) is 18.4. The van der Waals surface area contributed by atoms with Gasteiger partial charge in [-0.25, -0.2) is 23.1 Å². The summed E-state index contributed by atoms with van der Waals surface area (Å²) in [7, 11) is -9.34. The van der Waals surface area contributed by atoms with Crippen LogP contribution in [0.25, 0.3) is 44.3 Å². The number of amides is 3. The molecule has 5 unspecified atom stereocenters. The Hall–Kier alpha value is -7.79. The maximum atomic E-state index is 13.6. The average molecular weight is 1290 g/mol. The Morgan fingerprint density at radius 2 is 1.61 bits per heavy atom. The quantitative estimate of drug-likeness (QED) is 0.00649. The van der Waals surface area contributed by atoms with Gasteiger partial charge in [0.1, 0.15) is 50.1 Å². The summed E-state index contributed by atoms with van der Waals surface area (Å²) in [5.74, 6) is 2.12. The van der Waals surface area contributed by atoms with E-state index < -0.39 is 72.6 Å². The Morgan fingerprint density at radius 1 is 0.865 bits per heavy atom. The monoisotopic (exact) mass is 1290 g/mol. The van der Waals surface area contributed by atoms with Crippen LogP contribution in [0.4, 0.5) is 5.69 Å². The van der Waals surface area contributed by atoms with Gasteiger partial charge in [0.15, 0.2) is 11.6 Å². The smallest absolute Gasteiger partial charge is 0.478 e. The molecular weight excluding hydrogens is 1220 g/mol. The normalized spacial score (nSPS) is 17.4. The number of hydrogen-bond acceptors (Lipinski definition) is 17. The first kappa shape index (κ1) is 67.1. The Kier molecular flexibility index (Phi) is 21.4.